The summed E-state index contributed by atoms with van der Waals surface area (Å²) < 4.78 is 24.6. The lowest BCUT2D eigenvalue weighted by Crippen LogP contribution is -2.33. The van der Waals surface area contributed by atoms with Crippen LogP contribution in [0.15, 0.2) is 111 Å². The minimum absolute atomic E-state index is 0.232. The number of fused-ring (bicyclic) bond motifs is 2. The fraction of sp³-hybridized carbons (Fsp3) is 0.286. The van der Waals surface area contributed by atoms with Gasteiger partial charge in [-0.25, -0.2) is 38.9 Å². The van der Waals surface area contributed by atoms with Crippen LogP contribution < -0.4 is 20.9 Å². The first kappa shape index (κ1) is 63.0. The molecule has 0 aliphatic carbocycles. The Labute approximate surface area is 509 Å². The number of ether oxygens (including phenoxy) is 4. The van der Waals surface area contributed by atoms with Gasteiger partial charge in [0.2, 0.25) is 10.3 Å². The molecule has 5 N–H and O–H groups in total. The Morgan fingerprint density at radius 3 is 1.37 bits per heavy atom. The molecule has 0 aliphatic rings. The van der Waals surface area contributed by atoms with Crippen molar-refractivity contribution in [2.75, 3.05) is 20.9 Å². The van der Waals surface area contributed by atoms with E-state index >= 15 is 0 Å². The molecule has 0 radical (unpaired) electrons. The van der Waals surface area contributed by atoms with Crippen molar-refractivity contribution in [3.05, 3.63) is 122 Å². The average Bonchev–Trinajstić information content (AvgIpc) is 2.13. The molecule has 31 heteroatoms. The molecule has 10 rings (SSSR count). The number of nitrogens with two attached hydrogens (primary N) is 1. The topological polar surface area (TPSA) is 354 Å². The molecule has 8 aromatic heterocycles. The zero-order valence-electron chi connectivity index (χ0n) is 49.0. The van der Waals surface area contributed by atoms with E-state index in [4.69, 9.17) is 36.3 Å². The number of carbonyl (C=O) groups is 6. The van der Waals surface area contributed by atoms with Crippen molar-refractivity contribution in [3.63, 3.8) is 0 Å². The van der Waals surface area contributed by atoms with Crippen molar-refractivity contribution in [3.8, 4) is 21.1 Å². The minimum Gasteiger partial charge on any atom is -0.443 e. The lowest BCUT2D eigenvalue weighted by molar-refractivity contribution is 0.0511. The largest absolute Gasteiger partial charge is 0.443 e. The van der Waals surface area contributed by atoms with Gasteiger partial charge in [0.05, 0.1) is 77.4 Å². The van der Waals surface area contributed by atoms with Gasteiger partial charge in [0.1, 0.15) is 33.8 Å². The van der Waals surface area contributed by atoms with Gasteiger partial charge in [0.15, 0.2) is 10.0 Å². The molecule has 87 heavy (non-hydrogen) atoms. The molecular formula is C56H59ClN18O10S2. The standard InChI is InChI=1S/C28H29N9O5S.C24H27N7O4S.C4H3ClN2O/c1-27(2,3)41-25(39)36(19-7-8-21-16(10-19)12-32-37(21)26(40)42-28(4,5)6)24-35-34-23(43-24)17-9-18(13-29-11-17)33-22(38)20-14-30-15-31-20;1-23(2,3)34-21(32)30(20-29-28-19(36-20)15-9-16(25)13-26-11-15)17-7-8-18-14(10-17)12-27-31(18)22(33)35-24(4,5)6;5-4(8)3-1-6-2-7-3/h7-15H,1-6H3,(H,30,31)(H,33,38);7-13H,25H2,1-6H3;1-2H,(H,6,7). The molecule has 28 nitrogen and oxygen atoms in total. The summed E-state index contributed by atoms with van der Waals surface area (Å²) in [5, 5.41) is 30.3. The molecule has 0 bridgehead atoms. The Morgan fingerprint density at radius 1 is 0.529 bits per heavy atom. The van der Waals surface area contributed by atoms with Gasteiger partial charge in [-0.05, 0) is 143 Å². The number of nitrogen functional groups attached to an aromatic ring is 1. The molecule has 0 unspecified atom stereocenters. The number of aromatic nitrogens is 14. The number of benzene rings is 2. The lowest BCUT2D eigenvalue weighted by atomic mass is 10.2. The van der Waals surface area contributed by atoms with Gasteiger partial charge in [-0.15, -0.1) is 20.4 Å². The highest BCUT2D eigenvalue weighted by Gasteiger charge is 2.32. The number of hydrogen-bond acceptors (Lipinski definition) is 23. The Hall–Kier alpha value is -10.1. The normalized spacial score (nSPS) is 11.6. The third-order valence-electron chi connectivity index (χ3n) is 10.8. The number of amides is 3. The van der Waals surface area contributed by atoms with E-state index in [9.17, 15) is 28.8 Å². The van der Waals surface area contributed by atoms with Crippen molar-refractivity contribution in [2.24, 2.45) is 0 Å². The lowest BCUT2D eigenvalue weighted by Gasteiger charge is -2.25. The maximum absolute atomic E-state index is 13.5. The average molecular weight is 1240 g/mol. The number of aromatic amines is 2. The van der Waals surface area contributed by atoms with Gasteiger partial charge in [0, 0.05) is 40.5 Å². The van der Waals surface area contributed by atoms with Crippen molar-refractivity contribution >= 4 is 125 Å². The molecule has 2 aromatic carbocycles. The molecule has 0 saturated carbocycles. The Morgan fingerprint density at radius 2 is 0.966 bits per heavy atom. The SMILES string of the molecule is CC(C)(C)OC(=O)N(c1ccc2c(cnn2C(=O)OC(C)(C)C)c1)c1nnc(-c2cncc(N)c2)s1.CC(C)(C)OC(=O)N(c1ccc2c(cnn2C(=O)OC(C)(C)C)c1)c1nnc(-c2cncc(NC(=O)c3cnc[nH]3)c2)s1.O=C(Cl)c1cnc[nH]1. The van der Waals surface area contributed by atoms with Gasteiger partial charge in [-0.1, -0.05) is 22.7 Å². The predicted octanol–water partition coefficient (Wildman–Crippen LogP) is 12.0. The summed E-state index contributed by atoms with van der Waals surface area (Å²) in [6.45, 7) is 21.3. The van der Waals surface area contributed by atoms with E-state index in [-0.39, 0.29) is 11.0 Å². The molecule has 0 atom stereocenters. The molecule has 452 valence electrons. The van der Waals surface area contributed by atoms with Gasteiger partial charge < -0.3 is 40.0 Å². The third kappa shape index (κ3) is 16.6. The first-order valence-corrected chi connectivity index (χ1v) is 28.2. The van der Waals surface area contributed by atoms with Crippen LogP contribution >= 0.6 is 34.3 Å². The van der Waals surface area contributed by atoms with E-state index in [0.717, 1.165) is 16.0 Å². The molecule has 0 saturated heterocycles. The summed E-state index contributed by atoms with van der Waals surface area (Å²) in [7, 11) is 0. The van der Waals surface area contributed by atoms with Crippen LogP contribution in [0.3, 0.4) is 0 Å². The first-order valence-electron chi connectivity index (χ1n) is 26.2. The number of carbonyl (C=O) groups excluding carboxylic acids is 6. The number of nitrogens with zero attached hydrogens (tertiary/aromatic N) is 14. The highest BCUT2D eigenvalue weighted by Crippen LogP contribution is 2.38. The number of nitrogens with one attached hydrogen (secondary N) is 3. The Kier molecular flexibility index (Phi) is 18.6. The second-order valence-electron chi connectivity index (χ2n) is 22.6. The summed E-state index contributed by atoms with van der Waals surface area (Å²) in [5.74, 6) is -0.379. The number of pyridine rings is 2. The van der Waals surface area contributed by atoms with Crippen LogP contribution in [0.2, 0.25) is 0 Å². The fourth-order valence-electron chi connectivity index (χ4n) is 7.41. The first-order chi connectivity index (χ1) is 40.9. The van der Waals surface area contributed by atoms with Crippen LogP contribution in [-0.2, 0) is 18.9 Å². The van der Waals surface area contributed by atoms with Crippen molar-refractivity contribution in [1.82, 2.24) is 69.9 Å². The number of halogens is 1. The Balaban J connectivity index is 0.000000202. The number of H-pyrrole nitrogens is 2. The molecular weight excluding hydrogens is 1180 g/mol. The quantitative estimate of drug-likeness (QED) is 0.0770. The number of imidazole rings is 2. The van der Waals surface area contributed by atoms with E-state index in [2.05, 4.69) is 65.8 Å². The highest BCUT2D eigenvalue weighted by molar-refractivity contribution is 7.19. The molecule has 8 heterocycles. The molecule has 0 spiro atoms. The van der Waals surface area contributed by atoms with Crippen LogP contribution in [0, 0.1) is 0 Å². The van der Waals surface area contributed by atoms with E-state index in [1.54, 1.807) is 144 Å². The van der Waals surface area contributed by atoms with Crippen LogP contribution in [0.25, 0.3) is 42.9 Å². The van der Waals surface area contributed by atoms with Crippen LogP contribution in [0.5, 0.6) is 0 Å². The second-order valence-corrected chi connectivity index (χ2v) is 24.9. The summed E-state index contributed by atoms with van der Waals surface area (Å²) in [5.41, 5.74) is 7.66. The molecule has 0 aliphatic heterocycles. The zero-order chi connectivity index (χ0) is 63.2. The van der Waals surface area contributed by atoms with Gasteiger partial charge in [-0.2, -0.15) is 19.6 Å². The summed E-state index contributed by atoms with van der Waals surface area (Å²) >= 11 is 7.35. The van der Waals surface area contributed by atoms with Crippen LogP contribution in [0.4, 0.5) is 52.2 Å². The van der Waals surface area contributed by atoms with Gasteiger partial charge in [-0.3, -0.25) is 19.6 Å². The smallest absolute Gasteiger partial charge is 0.435 e. The minimum atomic E-state index is -0.792. The number of hydrogen-bond donors (Lipinski definition) is 4. The number of rotatable bonds is 9. The zero-order valence-corrected chi connectivity index (χ0v) is 51.4. The van der Waals surface area contributed by atoms with Crippen molar-refractivity contribution < 1.29 is 47.7 Å². The second kappa shape index (κ2) is 25.6. The van der Waals surface area contributed by atoms with Crippen molar-refractivity contribution in [1.29, 1.82) is 0 Å². The van der Waals surface area contributed by atoms with Crippen molar-refractivity contribution in [2.45, 2.75) is 105 Å². The van der Waals surface area contributed by atoms with Crippen LogP contribution in [0.1, 0.15) is 104 Å². The maximum atomic E-state index is 13.5. The molecule has 0 fully saturated rings. The molecule has 10 aromatic rings. The maximum Gasteiger partial charge on any atom is 0.435 e. The van der Waals surface area contributed by atoms with Crippen LogP contribution in [-0.4, -0.2) is 128 Å². The third-order valence-corrected chi connectivity index (χ3v) is 12.9. The molecule has 3 amide bonds. The van der Waals surface area contributed by atoms with E-state index in [1.165, 1.54) is 75.7 Å². The van der Waals surface area contributed by atoms with E-state index in [0.29, 0.717) is 82.2 Å². The van der Waals surface area contributed by atoms with E-state index in [1.807, 2.05) is 0 Å². The summed E-state index contributed by atoms with van der Waals surface area (Å²) in [6, 6.07) is 13.5. The van der Waals surface area contributed by atoms with E-state index < -0.39 is 52.0 Å². The van der Waals surface area contributed by atoms with Gasteiger partial charge >= 0.3 is 24.4 Å². The van der Waals surface area contributed by atoms with Gasteiger partial charge in [0.25, 0.3) is 11.1 Å². The summed E-state index contributed by atoms with van der Waals surface area (Å²) in [4.78, 5) is 98.3. The monoisotopic (exact) mass is 1240 g/mol. The highest BCUT2D eigenvalue weighted by atomic mass is 35.5. The fourth-order valence-corrected chi connectivity index (χ4v) is 9.19. The predicted molar refractivity (Wildman–Crippen MR) is 325 cm³/mol. The number of anilines is 6. The summed E-state index contributed by atoms with van der Waals surface area (Å²) in [6.07, 6.45) is 12.3. The Bertz CT molecular complexity index is 4110.